The molecule has 4 amide bonds. The van der Waals surface area contributed by atoms with Crippen LogP contribution >= 0.6 is 0 Å². The normalized spacial score (nSPS) is 23.6. The SMILES string of the molecule is CC1CC(C)(C)CC2(C1)NC(=O)N(CC(=O)N(C)CCCc1cc(-c3cccc(F)c3)n[nH]1)C2=O. The van der Waals surface area contributed by atoms with E-state index in [2.05, 4.69) is 36.3 Å². The summed E-state index contributed by atoms with van der Waals surface area (Å²) in [7, 11) is 1.67. The van der Waals surface area contributed by atoms with Crippen molar-refractivity contribution in [3.05, 3.63) is 41.8 Å². The summed E-state index contributed by atoms with van der Waals surface area (Å²) in [6, 6.07) is 7.65. The van der Waals surface area contributed by atoms with Crippen LogP contribution in [0, 0.1) is 17.2 Å². The Morgan fingerprint density at radius 3 is 2.74 bits per heavy atom. The van der Waals surface area contributed by atoms with Gasteiger partial charge in [0.1, 0.15) is 17.9 Å². The quantitative estimate of drug-likeness (QED) is 0.586. The summed E-state index contributed by atoms with van der Waals surface area (Å²) in [5.41, 5.74) is 1.28. The van der Waals surface area contributed by atoms with E-state index in [1.165, 1.54) is 12.1 Å². The molecule has 2 unspecified atom stereocenters. The summed E-state index contributed by atoms with van der Waals surface area (Å²) in [5.74, 6) is -0.569. The molecule has 2 heterocycles. The molecule has 9 heteroatoms. The smallest absolute Gasteiger partial charge is 0.325 e. The van der Waals surface area contributed by atoms with Crippen LogP contribution in [0.3, 0.4) is 0 Å². The van der Waals surface area contributed by atoms with Crippen LogP contribution < -0.4 is 5.32 Å². The van der Waals surface area contributed by atoms with Crippen molar-refractivity contribution in [1.82, 2.24) is 25.3 Å². The Hall–Kier alpha value is -3.23. The maximum Gasteiger partial charge on any atom is 0.325 e. The summed E-state index contributed by atoms with van der Waals surface area (Å²) in [5, 5.41) is 10.1. The second-order valence-electron chi connectivity index (χ2n) is 11.0. The minimum Gasteiger partial charge on any atom is -0.344 e. The molecule has 1 saturated carbocycles. The molecule has 35 heavy (non-hydrogen) atoms. The average Bonchev–Trinajstić information content (AvgIpc) is 3.31. The fourth-order valence-corrected chi connectivity index (χ4v) is 5.82. The number of amides is 4. The summed E-state index contributed by atoms with van der Waals surface area (Å²) in [4.78, 5) is 41.4. The third kappa shape index (κ3) is 5.39. The molecule has 1 aliphatic carbocycles. The number of rotatable bonds is 7. The third-order valence-corrected chi connectivity index (χ3v) is 7.03. The molecule has 1 saturated heterocycles. The van der Waals surface area contributed by atoms with Gasteiger partial charge in [-0.2, -0.15) is 5.10 Å². The number of aromatic nitrogens is 2. The first kappa shape index (κ1) is 24.9. The Kier molecular flexibility index (Phi) is 6.71. The molecule has 1 aromatic heterocycles. The summed E-state index contributed by atoms with van der Waals surface area (Å²) < 4.78 is 13.5. The van der Waals surface area contributed by atoms with Crippen molar-refractivity contribution in [1.29, 1.82) is 0 Å². The number of hydrogen-bond donors (Lipinski definition) is 2. The maximum atomic E-state index is 13.5. The van der Waals surface area contributed by atoms with Gasteiger partial charge in [0, 0.05) is 24.8 Å². The standard InChI is InChI=1S/C26H34FN5O3/c1-17-13-25(2,3)16-26(14-17)23(34)32(24(35)28-26)15-22(33)31(4)10-6-9-20-12-21(30-29-20)18-7-5-8-19(27)11-18/h5,7-8,11-12,17H,6,9-10,13-16H2,1-4H3,(H,28,35)(H,29,30). The first-order valence-corrected chi connectivity index (χ1v) is 12.2. The molecule has 1 aliphatic heterocycles. The van der Waals surface area contributed by atoms with Crippen LogP contribution in [0.2, 0.25) is 0 Å². The topological polar surface area (TPSA) is 98.4 Å². The summed E-state index contributed by atoms with van der Waals surface area (Å²) in [6.45, 7) is 6.54. The zero-order chi connectivity index (χ0) is 25.4. The van der Waals surface area contributed by atoms with Gasteiger partial charge < -0.3 is 10.2 Å². The average molecular weight is 484 g/mol. The maximum absolute atomic E-state index is 13.5. The minimum absolute atomic E-state index is 0.0569. The molecule has 188 valence electrons. The highest BCUT2D eigenvalue weighted by Gasteiger charge is 2.56. The van der Waals surface area contributed by atoms with Crippen molar-refractivity contribution < 1.29 is 18.8 Å². The van der Waals surface area contributed by atoms with Crippen molar-refractivity contribution in [2.24, 2.45) is 11.3 Å². The van der Waals surface area contributed by atoms with Crippen LogP contribution in [0.1, 0.15) is 52.1 Å². The molecular formula is C26H34FN5O3. The molecule has 2 aromatic rings. The van der Waals surface area contributed by atoms with Crippen molar-refractivity contribution in [2.75, 3.05) is 20.1 Å². The summed E-state index contributed by atoms with van der Waals surface area (Å²) in [6.07, 6.45) is 3.50. The number of aryl methyl sites for hydroxylation is 1. The number of H-pyrrole nitrogens is 1. The first-order valence-electron chi connectivity index (χ1n) is 12.2. The predicted molar refractivity (Wildman–Crippen MR) is 130 cm³/mol. The Balaban J connectivity index is 1.30. The number of likely N-dealkylation sites (N-methyl/N-ethyl adjacent to an activating group) is 1. The molecule has 8 nitrogen and oxygen atoms in total. The van der Waals surface area contributed by atoms with Crippen LogP contribution in [0.4, 0.5) is 9.18 Å². The number of nitrogens with zero attached hydrogens (tertiary/aromatic N) is 3. The van der Waals surface area contributed by atoms with Gasteiger partial charge in [0.05, 0.1) is 5.69 Å². The number of hydrogen-bond acceptors (Lipinski definition) is 4. The van der Waals surface area contributed by atoms with E-state index in [1.807, 2.05) is 6.07 Å². The van der Waals surface area contributed by atoms with E-state index < -0.39 is 11.6 Å². The predicted octanol–water partition coefficient (Wildman–Crippen LogP) is 3.74. The van der Waals surface area contributed by atoms with Crippen LogP contribution in [-0.4, -0.2) is 63.5 Å². The molecule has 0 bridgehead atoms. The van der Waals surface area contributed by atoms with Gasteiger partial charge in [-0.15, -0.1) is 0 Å². The van der Waals surface area contributed by atoms with Gasteiger partial charge in [0.25, 0.3) is 5.91 Å². The highest BCUT2D eigenvalue weighted by atomic mass is 19.1. The fraction of sp³-hybridized carbons (Fsp3) is 0.538. The van der Waals surface area contributed by atoms with Gasteiger partial charge in [-0.05, 0) is 61.6 Å². The highest BCUT2D eigenvalue weighted by molar-refractivity contribution is 6.09. The van der Waals surface area contributed by atoms with Crippen LogP contribution in [0.5, 0.6) is 0 Å². The molecule has 2 aliphatic rings. The Morgan fingerprint density at radius 2 is 2.03 bits per heavy atom. The van der Waals surface area contributed by atoms with Gasteiger partial charge in [-0.1, -0.05) is 32.9 Å². The molecule has 4 rings (SSSR count). The molecule has 1 spiro atoms. The van der Waals surface area contributed by atoms with Crippen molar-refractivity contribution in [3.63, 3.8) is 0 Å². The fourth-order valence-electron chi connectivity index (χ4n) is 5.82. The first-order chi connectivity index (χ1) is 16.5. The van der Waals surface area contributed by atoms with E-state index in [0.29, 0.717) is 49.4 Å². The molecular weight excluding hydrogens is 449 g/mol. The number of benzene rings is 1. The van der Waals surface area contributed by atoms with E-state index in [0.717, 1.165) is 17.0 Å². The van der Waals surface area contributed by atoms with E-state index in [1.54, 1.807) is 24.1 Å². The van der Waals surface area contributed by atoms with Crippen LogP contribution in [0.25, 0.3) is 11.3 Å². The lowest BCUT2D eigenvalue weighted by Crippen LogP contribution is -2.54. The van der Waals surface area contributed by atoms with Gasteiger partial charge >= 0.3 is 6.03 Å². The highest BCUT2D eigenvalue weighted by Crippen LogP contribution is 2.46. The number of aromatic amines is 1. The number of nitrogens with one attached hydrogen (secondary N) is 2. The van der Waals surface area contributed by atoms with E-state index in [4.69, 9.17) is 0 Å². The van der Waals surface area contributed by atoms with E-state index in [9.17, 15) is 18.8 Å². The van der Waals surface area contributed by atoms with E-state index >= 15 is 0 Å². The largest absolute Gasteiger partial charge is 0.344 e. The van der Waals surface area contributed by atoms with Crippen LogP contribution in [0.15, 0.2) is 30.3 Å². The number of imide groups is 1. The molecule has 2 fully saturated rings. The lowest BCUT2D eigenvalue weighted by atomic mass is 9.64. The van der Waals surface area contributed by atoms with Crippen LogP contribution in [-0.2, 0) is 16.0 Å². The number of urea groups is 1. The Morgan fingerprint density at radius 1 is 1.26 bits per heavy atom. The van der Waals surface area contributed by atoms with Gasteiger partial charge in [-0.25, -0.2) is 9.18 Å². The molecule has 0 radical (unpaired) electrons. The van der Waals surface area contributed by atoms with Crippen molar-refractivity contribution >= 4 is 17.8 Å². The molecule has 1 aromatic carbocycles. The number of halogens is 1. The lowest BCUT2D eigenvalue weighted by Gasteiger charge is -2.43. The Labute approximate surface area is 205 Å². The zero-order valence-electron chi connectivity index (χ0n) is 20.9. The second kappa shape index (κ2) is 9.43. The minimum atomic E-state index is -0.906. The molecule has 2 atom stereocenters. The summed E-state index contributed by atoms with van der Waals surface area (Å²) >= 11 is 0. The van der Waals surface area contributed by atoms with E-state index in [-0.39, 0.29) is 29.6 Å². The van der Waals surface area contributed by atoms with Gasteiger partial charge in [0.2, 0.25) is 5.91 Å². The van der Waals surface area contributed by atoms with Crippen molar-refractivity contribution in [3.8, 4) is 11.3 Å². The number of carbonyl (C=O) groups is 3. The second-order valence-corrected chi connectivity index (χ2v) is 11.0. The number of carbonyl (C=O) groups excluding carboxylic acids is 3. The van der Waals surface area contributed by atoms with Crippen molar-refractivity contribution in [2.45, 2.75) is 58.4 Å². The Bertz CT molecular complexity index is 1130. The van der Waals surface area contributed by atoms with Gasteiger partial charge in [0.15, 0.2) is 0 Å². The third-order valence-electron chi connectivity index (χ3n) is 7.03. The zero-order valence-corrected chi connectivity index (χ0v) is 20.9. The lowest BCUT2D eigenvalue weighted by molar-refractivity contribution is -0.140. The van der Waals surface area contributed by atoms with Gasteiger partial charge in [-0.3, -0.25) is 19.6 Å². The monoisotopic (exact) mass is 483 g/mol. The molecule has 2 N–H and O–H groups in total.